The Bertz CT molecular complexity index is 583. The van der Waals surface area contributed by atoms with Crippen molar-refractivity contribution in [2.45, 2.75) is 13.0 Å². The second-order valence-electron chi connectivity index (χ2n) is 3.78. The summed E-state index contributed by atoms with van der Waals surface area (Å²) < 4.78 is 13.4. The van der Waals surface area contributed by atoms with Gasteiger partial charge in [-0.05, 0) is 17.2 Å². The summed E-state index contributed by atoms with van der Waals surface area (Å²) >= 11 is 0. The van der Waals surface area contributed by atoms with Crippen molar-refractivity contribution in [2.75, 3.05) is 11.4 Å². The zero-order valence-corrected chi connectivity index (χ0v) is 9.71. The van der Waals surface area contributed by atoms with E-state index in [9.17, 15) is 14.0 Å². The SMILES string of the molecule is [N-]=[N+]=NCc1cc(N2CCC(=O)NC2=O)ncc1F. The average molecular weight is 264 g/mol. The molecule has 1 saturated heterocycles. The number of amides is 3. The minimum atomic E-state index is -0.621. The molecular weight excluding hydrogens is 255 g/mol. The maximum absolute atomic E-state index is 13.4. The first-order valence-corrected chi connectivity index (χ1v) is 5.38. The molecule has 0 unspecified atom stereocenters. The highest BCUT2D eigenvalue weighted by Gasteiger charge is 2.25. The van der Waals surface area contributed by atoms with Crippen LogP contribution in [0.1, 0.15) is 12.0 Å². The number of pyridine rings is 1. The van der Waals surface area contributed by atoms with E-state index in [0.29, 0.717) is 0 Å². The minimum Gasteiger partial charge on any atom is -0.278 e. The number of urea groups is 1. The van der Waals surface area contributed by atoms with Crippen LogP contribution in [0.3, 0.4) is 0 Å². The lowest BCUT2D eigenvalue weighted by Gasteiger charge is -2.25. The van der Waals surface area contributed by atoms with Crippen LogP contribution >= 0.6 is 0 Å². The predicted molar refractivity (Wildman–Crippen MR) is 62.5 cm³/mol. The van der Waals surface area contributed by atoms with Gasteiger partial charge in [0.25, 0.3) is 0 Å². The molecule has 1 N–H and O–H groups in total. The first-order chi connectivity index (χ1) is 9.11. The first kappa shape index (κ1) is 12.8. The van der Waals surface area contributed by atoms with Crippen molar-refractivity contribution in [1.82, 2.24) is 10.3 Å². The lowest BCUT2D eigenvalue weighted by atomic mass is 10.2. The van der Waals surface area contributed by atoms with Crippen LogP contribution in [-0.2, 0) is 11.3 Å². The molecule has 0 saturated carbocycles. The van der Waals surface area contributed by atoms with E-state index in [-0.39, 0.29) is 36.8 Å². The van der Waals surface area contributed by atoms with Crippen LogP contribution in [0.15, 0.2) is 17.4 Å². The molecule has 1 aliphatic heterocycles. The molecule has 9 heteroatoms. The van der Waals surface area contributed by atoms with Crippen LogP contribution in [0.2, 0.25) is 0 Å². The summed E-state index contributed by atoms with van der Waals surface area (Å²) in [5.41, 5.74) is 8.35. The number of carbonyl (C=O) groups excluding carboxylic acids is 2. The van der Waals surface area contributed by atoms with Gasteiger partial charge in [-0.15, -0.1) is 0 Å². The topological polar surface area (TPSA) is 111 Å². The molecule has 98 valence electrons. The number of carbonyl (C=O) groups is 2. The molecule has 1 aromatic heterocycles. The number of nitrogens with zero attached hydrogens (tertiary/aromatic N) is 5. The number of imide groups is 1. The number of hydrogen-bond acceptors (Lipinski definition) is 4. The quantitative estimate of drug-likeness (QED) is 0.506. The van der Waals surface area contributed by atoms with Crippen molar-refractivity contribution in [2.24, 2.45) is 5.11 Å². The highest BCUT2D eigenvalue weighted by Crippen LogP contribution is 2.18. The standard InChI is InChI=1S/C10H9FN6O2/c11-7-5-13-8(3-6(7)4-14-16-12)17-2-1-9(18)15-10(17)19/h3,5H,1-2,4H2,(H,15,18,19). The van der Waals surface area contributed by atoms with Crippen LogP contribution in [0, 0.1) is 5.82 Å². The summed E-state index contributed by atoms with van der Waals surface area (Å²) in [7, 11) is 0. The van der Waals surface area contributed by atoms with Crippen molar-refractivity contribution in [3.8, 4) is 0 Å². The van der Waals surface area contributed by atoms with Gasteiger partial charge in [-0.3, -0.25) is 15.0 Å². The Kier molecular flexibility index (Phi) is 3.58. The monoisotopic (exact) mass is 264 g/mol. The summed E-state index contributed by atoms with van der Waals surface area (Å²) in [6, 6.07) is 0.712. The van der Waals surface area contributed by atoms with Crippen molar-refractivity contribution in [1.29, 1.82) is 0 Å². The number of aromatic nitrogens is 1. The Morgan fingerprint density at radius 1 is 1.58 bits per heavy atom. The van der Waals surface area contributed by atoms with E-state index < -0.39 is 11.8 Å². The molecule has 1 aliphatic rings. The van der Waals surface area contributed by atoms with E-state index >= 15 is 0 Å². The molecule has 1 fully saturated rings. The molecule has 0 aliphatic carbocycles. The van der Waals surface area contributed by atoms with Gasteiger partial charge >= 0.3 is 6.03 Å². The number of hydrogen-bond donors (Lipinski definition) is 1. The zero-order valence-electron chi connectivity index (χ0n) is 9.71. The Hall–Kier alpha value is -2.67. The number of anilines is 1. The molecule has 2 rings (SSSR count). The molecule has 3 amide bonds. The molecule has 0 aromatic carbocycles. The first-order valence-electron chi connectivity index (χ1n) is 5.38. The Balaban J connectivity index is 2.27. The number of nitrogens with one attached hydrogen (secondary N) is 1. The highest BCUT2D eigenvalue weighted by molar-refractivity contribution is 6.05. The fourth-order valence-corrected chi connectivity index (χ4v) is 1.63. The number of rotatable bonds is 3. The van der Waals surface area contributed by atoms with Crippen LogP contribution < -0.4 is 10.2 Å². The highest BCUT2D eigenvalue weighted by atomic mass is 19.1. The van der Waals surface area contributed by atoms with E-state index in [1.54, 1.807) is 0 Å². The summed E-state index contributed by atoms with van der Waals surface area (Å²) in [5.74, 6) is -0.781. The molecule has 1 aromatic rings. The largest absolute Gasteiger partial charge is 0.329 e. The third-order valence-corrected chi connectivity index (χ3v) is 2.56. The summed E-state index contributed by atoms with van der Waals surface area (Å²) in [4.78, 5) is 30.2. The van der Waals surface area contributed by atoms with Crippen molar-refractivity contribution < 1.29 is 14.0 Å². The molecule has 19 heavy (non-hydrogen) atoms. The fourth-order valence-electron chi connectivity index (χ4n) is 1.63. The molecule has 8 nitrogen and oxygen atoms in total. The van der Waals surface area contributed by atoms with E-state index in [4.69, 9.17) is 5.53 Å². The van der Waals surface area contributed by atoms with Gasteiger partial charge < -0.3 is 0 Å². The maximum Gasteiger partial charge on any atom is 0.329 e. The normalized spacial score (nSPS) is 14.9. The molecule has 0 radical (unpaired) electrons. The van der Waals surface area contributed by atoms with Gasteiger partial charge in [-0.2, -0.15) is 0 Å². The van der Waals surface area contributed by atoms with Crippen molar-refractivity contribution in [3.05, 3.63) is 34.1 Å². The van der Waals surface area contributed by atoms with Gasteiger partial charge in [0.1, 0.15) is 11.6 Å². The lowest BCUT2D eigenvalue weighted by molar-refractivity contribution is -0.120. The second-order valence-corrected chi connectivity index (χ2v) is 3.78. The minimum absolute atomic E-state index is 0.132. The van der Waals surface area contributed by atoms with Gasteiger partial charge in [-0.1, -0.05) is 5.11 Å². The maximum atomic E-state index is 13.4. The second kappa shape index (κ2) is 5.32. The lowest BCUT2D eigenvalue weighted by Crippen LogP contribution is -2.49. The zero-order chi connectivity index (χ0) is 13.8. The third-order valence-electron chi connectivity index (χ3n) is 2.56. The van der Waals surface area contributed by atoms with Crippen molar-refractivity contribution >= 4 is 17.8 Å². The van der Waals surface area contributed by atoms with Crippen LogP contribution in [-0.4, -0.2) is 23.5 Å². The van der Waals surface area contributed by atoms with E-state index in [0.717, 1.165) is 6.20 Å². The van der Waals surface area contributed by atoms with Crippen molar-refractivity contribution in [3.63, 3.8) is 0 Å². The molecule has 0 spiro atoms. The summed E-state index contributed by atoms with van der Waals surface area (Å²) in [6.07, 6.45) is 1.09. The van der Waals surface area contributed by atoms with Crippen LogP contribution in [0.25, 0.3) is 10.4 Å². The molecule has 2 heterocycles. The van der Waals surface area contributed by atoms with E-state index in [2.05, 4.69) is 20.3 Å². The molecule has 0 bridgehead atoms. The third kappa shape index (κ3) is 2.78. The fraction of sp³-hybridized carbons (Fsp3) is 0.300. The van der Waals surface area contributed by atoms with E-state index in [1.165, 1.54) is 11.0 Å². The van der Waals surface area contributed by atoms with Gasteiger partial charge in [-0.25, -0.2) is 14.2 Å². The smallest absolute Gasteiger partial charge is 0.278 e. The van der Waals surface area contributed by atoms with Gasteiger partial charge in [0.15, 0.2) is 0 Å². The van der Waals surface area contributed by atoms with Crippen LogP contribution in [0.4, 0.5) is 15.0 Å². The van der Waals surface area contributed by atoms with Gasteiger partial charge in [0.05, 0.1) is 12.7 Å². The van der Waals surface area contributed by atoms with Crippen LogP contribution in [0.5, 0.6) is 0 Å². The predicted octanol–water partition coefficient (Wildman–Crippen LogP) is 1.48. The Morgan fingerprint density at radius 3 is 3.05 bits per heavy atom. The number of halogens is 1. The Labute approximate surface area is 106 Å². The molecular formula is C10H9FN6O2. The van der Waals surface area contributed by atoms with E-state index in [1.807, 2.05) is 0 Å². The number of azide groups is 1. The summed E-state index contributed by atoms with van der Waals surface area (Å²) in [5, 5.41) is 5.40. The molecule has 0 atom stereocenters. The average Bonchev–Trinajstić information content (AvgIpc) is 2.38. The summed E-state index contributed by atoms with van der Waals surface area (Å²) in [6.45, 7) is -0.00347. The Morgan fingerprint density at radius 2 is 2.37 bits per heavy atom. The van der Waals surface area contributed by atoms with Gasteiger partial charge in [0, 0.05) is 17.9 Å². The van der Waals surface area contributed by atoms with Gasteiger partial charge in [0.2, 0.25) is 5.91 Å².